The molecule has 0 spiro atoms. The lowest BCUT2D eigenvalue weighted by atomic mass is 10.2. The number of aryl methyl sites for hydroxylation is 1. The smallest absolute Gasteiger partial charge is 0.134 e. The van der Waals surface area contributed by atoms with Gasteiger partial charge in [0.1, 0.15) is 11.6 Å². The molecular weight excluding hydrogens is 248 g/mol. The highest BCUT2D eigenvalue weighted by Gasteiger charge is 2.29. The summed E-state index contributed by atoms with van der Waals surface area (Å²) in [4.78, 5) is 13.7. The Balaban J connectivity index is 1.60. The number of hydrogen-bond acceptors (Lipinski definition) is 4. The molecule has 0 atom stereocenters. The fraction of sp³-hybridized carbons (Fsp3) is 0.438. The fourth-order valence-corrected chi connectivity index (χ4v) is 2.81. The number of aromatic nitrogens is 3. The van der Waals surface area contributed by atoms with Gasteiger partial charge in [-0.3, -0.25) is 4.98 Å². The highest BCUT2D eigenvalue weighted by Crippen LogP contribution is 2.40. The predicted octanol–water partition coefficient (Wildman–Crippen LogP) is 2.85. The van der Waals surface area contributed by atoms with Crippen LogP contribution in [0.15, 0.2) is 24.5 Å². The van der Waals surface area contributed by atoms with Crippen molar-refractivity contribution >= 4 is 5.82 Å². The van der Waals surface area contributed by atoms with Crippen LogP contribution in [0.2, 0.25) is 0 Å². The van der Waals surface area contributed by atoms with Crippen molar-refractivity contribution in [3.8, 4) is 0 Å². The Morgan fingerprint density at radius 2 is 2.15 bits per heavy atom. The molecule has 0 unspecified atom stereocenters. The number of fused-ring (bicyclic) bond motifs is 1. The second-order valence-electron chi connectivity index (χ2n) is 5.70. The highest BCUT2D eigenvalue weighted by atomic mass is 15.0. The van der Waals surface area contributed by atoms with E-state index in [1.807, 2.05) is 12.3 Å². The van der Waals surface area contributed by atoms with Gasteiger partial charge in [0.25, 0.3) is 0 Å². The lowest BCUT2D eigenvalue weighted by Crippen LogP contribution is -2.08. The number of anilines is 1. The summed E-state index contributed by atoms with van der Waals surface area (Å²) in [5.41, 5.74) is 3.79. The van der Waals surface area contributed by atoms with Gasteiger partial charge in [-0.15, -0.1) is 0 Å². The largest absolute Gasteiger partial charge is 0.366 e. The summed E-state index contributed by atoms with van der Waals surface area (Å²) in [6, 6.07) is 4.06. The average molecular weight is 266 g/mol. The molecule has 20 heavy (non-hydrogen) atoms. The van der Waals surface area contributed by atoms with Gasteiger partial charge in [-0.1, -0.05) is 6.07 Å². The number of pyridine rings is 1. The molecule has 102 valence electrons. The Hall–Kier alpha value is -1.97. The first-order valence-corrected chi connectivity index (χ1v) is 7.42. The van der Waals surface area contributed by atoms with Crippen molar-refractivity contribution in [3.63, 3.8) is 0 Å². The molecule has 4 nitrogen and oxygen atoms in total. The second-order valence-corrected chi connectivity index (χ2v) is 5.70. The molecule has 4 heteroatoms. The molecule has 0 saturated heterocycles. The van der Waals surface area contributed by atoms with Crippen LogP contribution in [-0.4, -0.2) is 15.0 Å². The summed E-state index contributed by atoms with van der Waals surface area (Å²) in [5.74, 6) is 2.72. The van der Waals surface area contributed by atoms with Crippen LogP contribution in [0.25, 0.3) is 0 Å². The molecule has 2 aliphatic carbocycles. The van der Waals surface area contributed by atoms with E-state index in [1.54, 1.807) is 6.20 Å². The van der Waals surface area contributed by atoms with Gasteiger partial charge in [0.05, 0.1) is 0 Å². The topological polar surface area (TPSA) is 50.7 Å². The molecule has 4 rings (SSSR count). The molecule has 2 aromatic heterocycles. The van der Waals surface area contributed by atoms with E-state index in [4.69, 9.17) is 9.97 Å². The summed E-state index contributed by atoms with van der Waals surface area (Å²) in [6.45, 7) is 0.779. The van der Waals surface area contributed by atoms with Gasteiger partial charge in [0.2, 0.25) is 0 Å². The van der Waals surface area contributed by atoms with Crippen molar-refractivity contribution in [1.29, 1.82) is 0 Å². The molecule has 0 aliphatic heterocycles. The van der Waals surface area contributed by atoms with Crippen LogP contribution >= 0.6 is 0 Å². The lowest BCUT2D eigenvalue weighted by molar-refractivity contribution is 0.870. The number of hydrogen-bond donors (Lipinski definition) is 1. The van der Waals surface area contributed by atoms with Gasteiger partial charge >= 0.3 is 0 Å². The quantitative estimate of drug-likeness (QED) is 0.924. The monoisotopic (exact) mass is 266 g/mol. The first-order valence-electron chi connectivity index (χ1n) is 7.42. The van der Waals surface area contributed by atoms with Crippen LogP contribution in [0.5, 0.6) is 0 Å². The van der Waals surface area contributed by atoms with Crippen LogP contribution in [0, 0.1) is 0 Å². The van der Waals surface area contributed by atoms with Crippen molar-refractivity contribution in [3.05, 3.63) is 47.2 Å². The normalized spacial score (nSPS) is 17.0. The standard InChI is InChI=1S/C16H18N4/c1-4-13-14(5-1)19-15(12-6-7-12)20-16(13)18-10-11-3-2-8-17-9-11/h2-3,8-9,12H,1,4-7,10H2,(H,18,19,20). The lowest BCUT2D eigenvalue weighted by Gasteiger charge is -2.12. The molecular formula is C16H18N4. The van der Waals surface area contributed by atoms with E-state index in [9.17, 15) is 0 Å². The molecule has 0 bridgehead atoms. The van der Waals surface area contributed by atoms with E-state index in [0.29, 0.717) is 5.92 Å². The number of nitrogens with one attached hydrogen (secondary N) is 1. The minimum Gasteiger partial charge on any atom is -0.366 e. The average Bonchev–Trinajstić information content (AvgIpc) is 3.24. The van der Waals surface area contributed by atoms with Crippen molar-refractivity contribution in [2.75, 3.05) is 5.32 Å². The van der Waals surface area contributed by atoms with Crippen LogP contribution in [-0.2, 0) is 19.4 Å². The summed E-state index contributed by atoms with van der Waals surface area (Å²) in [5, 5.41) is 3.49. The predicted molar refractivity (Wildman–Crippen MR) is 77.6 cm³/mol. The zero-order valence-corrected chi connectivity index (χ0v) is 11.5. The first kappa shape index (κ1) is 11.8. The maximum Gasteiger partial charge on any atom is 0.134 e. The molecule has 0 aromatic carbocycles. The van der Waals surface area contributed by atoms with Gasteiger partial charge in [-0.2, -0.15) is 0 Å². The Morgan fingerprint density at radius 1 is 1.20 bits per heavy atom. The van der Waals surface area contributed by atoms with Gasteiger partial charge in [-0.05, 0) is 43.7 Å². The van der Waals surface area contributed by atoms with Crippen LogP contribution in [0.3, 0.4) is 0 Å². The fourth-order valence-electron chi connectivity index (χ4n) is 2.81. The molecule has 2 aliphatic rings. The van der Waals surface area contributed by atoms with Crippen molar-refractivity contribution in [2.24, 2.45) is 0 Å². The summed E-state index contributed by atoms with van der Waals surface area (Å²) in [6.07, 6.45) is 9.63. The Kier molecular flexibility index (Phi) is 2.87. The van der Waals surface area contributed by atoms with Crippen LogP contribution < -0.4 is 5.32 Å². The Bertz CT molecular complexity index is 620. The van der Waals surface area contributed by atoms with Gasteiger partial charge in [0.15, 0.2) is 0 Å². The molecule has 1 fully saturated rings. The van der Waals surface area contributed by atoms with E-state index in [-0.39, 0.29) is 0 Å². The van der Waals surface area contributed by atoms with Gasteiger partial charge < -0.3 is 5.32 Å². The molecule has 1 saturated carbocycles. The van der Waals surface area contributed by atoms with Crippen LogP contribution in [0.4, 0.5) is 5.82 Å². The van der Waals surface area contributed by atoms with Gasteiger partial charge in [-0.25, -0.2) is 9.97 Å². The third-order valence-electron chi connectivity index (χ3n) is 4.08. The number of rotatable bonds is 4. The third kappa shape index (κ3) is 2.26. The second kappa shape index (κ2) is 4.85. The minimum absolute atomic E-state index is 0.611. The van der Waals surface area contributed by atoms with Crippen molar-refractivity contribution < 1.29 is 0 Å². The molecule has 0 amide bonds. The Morgan fingerprint density at radius 3 is 2.95 bits per heavy atom. The zero-order chi connectivity index (χ0) is 13.4. The van der Waals surface area contributed by atoms with E-state index in [2.05, 4.69) is 16.4 Å². The molecule has 2 aromatic rings. The van der Waals surface area contributed by atoms with E-state index in [0.717, 1.165) is 31.0 Å². The van der Waals surface area contributed by atoms with E-state index in [1.165, 1.54) is 36.1 Å². The third-order valence-corrected chi connectivity index (χ3v) is 4.08. The highest BCUT2D eigenvalue weighted by molar-refractivity contribution is 5.49. The Labute approximate surface area is 118 Å². The van der Waals surface area contributed by atoms with E-state index >= 15 is 0 Å². The SMILES string of the molecule is c1cncc(CNc2nc(C3CC3)nc3c2CCC3)c1. The van der Waals surface area contributed by atoms with Crippen molar-refractivity contribution in [2.45, 2.75) is 44.6 Å². The minimum atomic E-state index is 0.611. The molecule has 1 N–H and O–H groups in total. The summed E-state index contributed by atoms with van der Waals surface area (Å²) < 4.78 is 0. The number of nitrogens with zero attached hydrogens (tertiary/aromatic N) is 3. The van der Waals surface area contributed by atoms with E-state index < -0.39 is 0 Å². The molecule has 2 heterocycles. The van der Waals surface area contributed by atoms with Crippen LogP contribution in [0.1, 0.15) is 47.8 Å². The summed E-state index contributed by atoms with van der Waals surface area (Å²) in [7, 11) is 0. The molecule has 0 radical (unpaired) electrons. The van der Waals surface area contributed by atoms with Crippen molar-refractivity contribution in [1.82, 2.24) is 15.0 Å². The summed E-state index contributed by atoms with van der Waals surface area (Å²) >= 11 is 0. The van der Waals surface area contributed by atoms with Gasteiger partial charge in [0, 0.05) is 36.1 Å². The zero-order valence-electron chi connectivity index (χ0n) is 11.5. The maximum absolute atomic E-state index is 4.78. The first-order chi connectivity index (χ1) is 9.90. The maximum atomic E-state index is 4.78.